The second kappa shape index (κ2) is 10.1. The van der Waals surface area contributed by atoms with Crippen LogP contribution in [0.4, 0.5) is 5.69 Å². The minimum Gasteiger partial charge on any atom is -0.477 e. The highest BCUT2D eigenvalue weighted by atomic mass is 32.1. The first kappa shape index (κ1) is 26.2. The third-order valence-corrected chi connectivity index (χ3v) is 8.89. The number of carboxylic acids is 1. The van der Waals surface area contributed by atoms with Gasteiger partial charge in [-0.3, -0.25) is 9.36 Å². The Hall–Kier alpha value is -1.43. The maximum Gasteiger partial charge on any atom is 0.348 e. The molecule has 184 valence electrons. The molecule has 0 aliphatic heterocycles. The van der Waals surface area contributed by atoms with E-state index in [0.29, 0.717) is 37.8 Å². The van der Waals surface area contributed by atoms with Gasteiger partial charge in [0.15, 0.2) is 7.37 Å². The third-order valence-electron chi connectivity index (χ3n) is 6.54. The summed E-state index contributed by atoms with van der Waals surface area (Å²) in [4.78, 5) is 29.1. The summed E-state index contributed by atoms with van der Waals surface area (Å²) in [6.45, 7) is 11.5. The summed E-state index contributed by atoms with van der Waals surface area (Å²) >= 11 is 1.27. The van der Waals surface area contributed by atoms with E-state index < -0.39 is 13.3 Å². The van der Waals surface area contributed by atoms with E-state index in [1.54, 1.807) is 13.3 Å². The molecule has 1 aromatic rings. The Morgan fingerprint density at radius 2 is 1.79 bits per heavy atom. The van der Waals surface area contributed by atoms with Gasteiger partial charge in [0.1, 0.15) is 4.88 Å². The number of carbonyl (C=O) groups excluding carboxylic acids is 1. The number of carbonyl (C=O) groups is 2. The molecule has 8 heteroatoms. The number of allylic oxidation sites excluding steroid dienone is 2. The monoisotopic (exact) mass is 495 g/mol. The zero-order chi connectivity index (χ0) is 24.6. The van der Waals surface area contributed by atoms with Gasteiger partial charge in [-0.25, -0.2) is 4.79 Å². The molecule has 33 heavy (non-hydrogen) atoms. The quantitative estimate of drug-likeness (QED) is 0.351. The summed E-state index contributed by atoms with van der Waals surface area (Å²) in [6, 6.07) is 1.84. The highest BCUT2D eigenvalue weighted by Gasteiger charge is 2.38. The minimum absolute atomic E-state index is 0.0283. The third kappa shape index (κ3) is 6.58. The van der Waals surface area contributed by atoms with Crippen molar-refractivity contribution in [3.63, 3.8) is 0 Å². The lowest BCUT2D eigenvalue weighted by molar-refractivity contribution is -0.123. The van der Waals surface area contributed by atoms with Crippen molar-refractivity contribution < 1.29 is 23.8 Å². The first-order valence-corrected chi connectivity index (χ1v) is 15.2. The van der Waals surface area contributed by atoms with Gasteiger partial charge in [-0.1, -0.05) is 32.4 Å². The van der Waals surface area contributed by atoms with Crippen molar-refractivity contribution in [2.75, 3.05) is 18.2 Å². The van der Waals surface area contributed by atoms with Crippen LogP contribution in [0.25, 0.3) is 0 Å². The molecule has 0 saturated heterocycles. The van der Waals surface area contributed by atoms with Gasteiger partial charge >= 0.3 is 5.97 Å². The highest BCUT2D eigenvalue weighted by Crippen LogP contribution is 2.44. The molecule has 1 fully saturated rings. The molecule has 2 aliphatic carbocycles. The van der Waals surface area contributed by atoms with Gasteiger partial charge in [0.2, 0.25) is 5.91 Å². The molecular formula is C25H38NO5PS. The van der Waals surface area contributed by atoms with Crippen LogP contribution in [0.1, 0.15) is 87.2 Å². The number of hydrogen-bond acceptors (Lipinski definition) is 5. The Morgan fingerprint density at radius 3 is 2.27 bits per heavy atom. The molecule has 0 aromatic carbocycles. The van der Waals surface area contributed by atoms with Crippen LogP contribution < -0.4 is 4.90 Å². The zero-order valence-corrected chi connectivity index (χ0v) is 22.4. The smallest absolute Gasteiger partial charge is 0.348 e. The number of aromatic carboxylic acids is 1. The summed E-state index contributed by atoms with van der Waals surface area (Å²) in [7, 11) is -2.58. The maximum atomic E-state index is 13.9. The Balaban J connectivity index is 1.95. The van der Waals surface area contributed by atoms with Crippen molar-refractivity contribution in [2.24, 2.45) is 5.92 Å². The lowest BCUT2D eigenvalue weighted by atomic mass is 9.86. The van der Waals surface area contributed by atoms with E-state index in [1.165, 1.54) is 16.9 Å². The molecule has 0 spiro atoms. The molecule has 1 unspecified atom stereocenters. The van der Waals surface area contributed by atoms with Gasteiger partial charge in [0.05, 0.1) is 11.8 Å². The van der Waals surface area contributed by atoms with Crippen molar-refractivity contribution in [1.82, 2.24) is 0 Å². The van der Waals surface area contributed by atoms with Crippen molar-refractivity contribution in [3.8, 4) is 0 Å². The molecule has 1 heterocycles. The predicted octanol–water partition coefficient (Wildman–Crippen LogP) is 6.69. The molecule has 1 N–H and O–H groups in total. The summed E-state index contributed by atoms with van der Waals surface area (Å²) in [6.07, 6.45) is 7.29. The molecule has 3 rings (SSSR count). The lowest BCUT2D eigenvalue weighted by Crippen LogP contribution is -2.46. The molecule has 1 amide bonds. The van der Waals surface area contributed by atoms with Gasteiger partial charge in [0, 0.05) is 30.2 Å². The first-order valence-electron chi connectivity index (χ1n) is 11.9. The Bertz CT molecular complexity index is 962. The van der Waals surface area contributed by atoms with E-state index in [-0.39, 0.29) is 34.3 Å². The fourth-order valence-electron chi connectivity index (χ4n) is 4.73. The molecule has 0 bridgehead atoms. The van der Waals surface area contributed by atoms with Crippen LogP contribution >= 0.6 is 18.7 Å². The molecule has 1 atom stereocenters. The number of rotatable bonds is 6. The first-order chi connectivity index (χ1) is 15.3. The van der Waals surface area contributed by atoms with E-state index in [1.807, 2.05) is 11.0 Å². The number of anilines is 1. The SMILES string of the molecule is CC1=CCC(C(=O)N(c2cc(C(C)(C)C)sc2C(=O)O)C2CCC(OP(C)(C)=O)CC2)CC1. The standard InChI is InChI=1S/C25H38NO5PS/c1-16-7-9-17(10-8-16)23(27)26(18-11-13-19(14-12-18)31-32(5,6)30)20-15-21(25(2,3)4)33-22(20)24(28)29/h7,15,17-19H,8-14H2,1-6H3,(H,28,29). The van der Waals surface area contributed by atoms with Gasteiger partial charge in [-0.15, -0.1) is 11.3 Å². The molecule has 2 aliphatic rings. The molecule has 6 nitrogen and oxygen atoms in total. The summed E-state index contributed by atoms with van der Waals surface area (Å²) in [5, 5.41) is 10.0. The van der Waals surface area contributed by atoms with E-state index >= 15 is 0 Å². The van der Waals surface area contributed by atoms with E-state index in [2.05, 4.69) is 33.8 Å². The van der Waals surface area contributed by atoms with E-state index in [4.69, 9.17) is 4.52 Å². The Kier molecular flexibility index (Phi) is 7.97. The van der Waals surface area contributed by atoms with Gasteiger partial charge in [0.25, 0.3) is 0 Å². The zero-order valence-electron chi connectivity index (χ0n) is 20.7. The van der Waals surface area contributed by atoms with Crippen LogP contribution in [-0.4, -0.2) is 42.5 Å². The van der Waals surface area contributed by atoms with Crippen molar-refractivity contribution in [2.45, 2.75) is 90.2 Å². The lowest BCUT2D eigenvalue weighted by Gasteiger charge is -2.39. The number of carboxylic acid groups (broad SMARTS) is 1. The maximum absolute atomic E-state index is 13.9. The predicted molar refractivity (Wildman–Crippen MR) is 135 cm³/mol. The van der Waals surface area contributed by atoms with Crippen molar-refractivity contribution >= 4 is 36.3 Å². The van der Waals surface area contributed by atoms with Crippen molar-refractivity contribution in [1.29, 1.82) is 0 Å². The average molecular weight is 496 g/mol. The fraction of sp³-hybridized carbons (Fsp3) is 0.680. The molecule has 1 aromatic heterocycles. The van der Waals surface area contributed by atoms with Crippen molar-refractivity contribution in [3.05, 3.63) is 27.5 Å². The Labute approximate surface area is 201 Å². The summed E-state index contributed by atoms with van der Waals surface area (Å²) in [5.41, 5.74) is 1.64. The molecular weight excluding hydrogens is 457 g/mol. The number of thiophene rings is 1. The van der Waals surface area contributed by atoms with Gasteiger partial charge in [-0.2, -0.15) is 0 Å². The average Bonchev–Trinajstić information content (AvgIpc) is 3.14. The largest absolute Gasteiger partial charge is 0.477 e. The summed E-state index contributed by atoms with van der Waals surface area (Å²) in [5.74, 6) is -1.09. The van der Waals surface area contributed by atoms with E-state index in [0.717, 1.165) is 17.7 Å². The molecule has 1 saturated carbocycles. The van der Waals surface area contributed by atoms with Crippen LogP contribution in [0.5, 0.6) is 0 Å². The normalized spacial score (nSPS) is 24.3. The number of hydrogen-bond donors (Lipinski definition) is 1. The minimum atomic E-state index is -2.58. The van der Waals surface area contributed by atoms with Crippen LogP contribution in [0.15, 0.2) is 17.7 Å². The fourth-order valence-corrected chi connectivity index (χ4v) is 6.71. The second-order valence-corrected chi connectivity index (χ2v) is 14.7. The van der Waals surface area contributed by atoms with Gasteiger partial charge < -0.3 is 14.5 Å². The second-order valence-electron chi connectivity index (χ2n) is 10.9. The van der Waals surface area contributed by atoms with Gasteiger partial charge in [-0.05, 0) is 63.4 Å². The summed E-state index contributed by atoms with van der Waals surface area (Å²) < 4.78 is 17.9. The Morgan fingerprint density at radius 1 is 1.15 bits per heavy atom. The topological polar surface area (TPSA) is 83.9 Å². The van der Waals surface area contributed by atoms with Crippen LogP contribution in [-0.2, 0) is 19.3 Å². The number of nitrogens with zero attached hydrogens (tertiary/aromatic N) is 1. The number of amides is 1. The van der Waals surface area contributed by atoms with Crippen LogP contribution in [0.3, 0.4) is 0 Å². The molecule has 0 radical (unpaired) electrons. The highest BCUT2D eigenvalue weighted by molar-refractivity contribution is 7.57. The van der Waals surface area contributed by atoms with Crippen LogP contribution in [0.2, 0.25) is 0 Å². The van der Waals surface area contributed by atoms with Crippen LogP contribution in [0, 0.1) is 5.92 Å². The van der Waals surface area contributed by atoms with E-state index in [9.17, 15) is 19.3 Å².